The van der Waals surface area contributed by atoms with Crippen molar-refractivity contribution in [1.29, 1.82) is 0 Å². The average molecular weight is 254 g/mol. The molecule has 2 nitrogen and oxygen atoms in total. The Bertz CT molecular complexity index is 427. The maximum Gasteiger partial charge on any atom is 0.341 e. The summed E-state index contributed by atoms with van der Waals surface area (Å²) in [6, 6.07) is 0. The van der Waals surface area contributed by atoms with E-state index in [4.69, 9.17) is 5.11 Å². The van der Waals surface area contributed by atoms with E-state index in [0.717, 1.165) is 0 Å². The van der Waals surface area contributed by atoms with E-state index >= 15 is 0 Å². The maximum atomic E-state index is 12.6. The second-order valence-corrected chi connectivity index (χ2v) is 2.66. The van der Waals surface area contributed by atoms with Crippen LogP contribution in [0.4, 0.5) is 22.0 Å². The fourth-order valence-electron chi connectivity index (χ4n) is 0.793. The minimum atomic E-state index is -2.38. The Balaban J connectivity index is 0.000000770. The topological polar surface area (TPSA) is 37.3 Å². The van der Waals surface area contributed by atoms with Gasteiger partial charge in [0.05, 0.1) is 0 Å². The predicted molar refractivity (Wildman–Crippen MR) is 49.1 cm³/mol. The van der Waals surface area contributed by atoms with Gasteiger partial charge in [0.1, 0.15) is 5.56 Å². The van der Waals surface area contributed by atoms with Gasteiger partial charge in [-0.05, 0) is 6.92 Å². The Kier molecular flexibility index (Phi) is 5.30. The number of carbonyl (C=O) groups is 1. The van der Waals surface area contributed by atoms with E-state index in [0.29, 0.717) is 0 Å². The summed E-state index contributed by atoms with van der Waals surface area (Å²) in [7, 11) is 0. The highest BCUT2D eigenvalue weighted by atomic mass is 19.2. The van der Waals surface area contributed by atoms with Crippen LogP contribution >= 0.6 is 0 Å². The molecule has 1 N–H and O–H groups in total. The molecule has 0 unspecified atom stereocenters. The standard InChI is InChI=1S/C7HF5O2.C3H6/c8-2-1(7(13)14)3(9)5(11)6(12)4(2)10;1-3-2/h(H,13,14);3H,1H2,2H3. The van der Waals surface area contributed by atoms with Crippen LogP contribution in [0, 0.1) is 29.1 Å². The summed E-state index contributed by atoms with van der Waals surface area (Å²) < 4.78 is 62.1. The Morgan fingerprint density at radius 1 is 1.00 bits per heavy atom. The molecule has 0 amide bonds. The van der Waals surface area contributed by atoms with Crippen molar-refractivity contribution in [3.63, 3.8) is 0 Å². The minimum absolute atomic E-state index is 1.75. The van der Waals surface area contributed by atoms with Crippen LogP contribution < -0.4 is 0 Å². The summed E-state index contributed by atoms with van der Waals surface area (Å²) in [6.45, 7) is 5.25. The summed E-state index contributed by atoms with van der Waals surface area (Å²) >= 11 is 0. The lowest BCUT2D eigenvalue weighted by Gasteiger charge is -2.03. The van der Waals surface area contributed by atoms with Gasteiger partial charge < -0.3 is 5.11 Å². The first-order valence-electron chi connectivity index (χ1n) is 4.11. The minimum Gasteiger partial charge on any atom is -0.477 e. The second-order valence-electron chi connectivity index (χ2n) is 2.66. The third-order valence-corrected chi connectivity index (χ3v) is 1.42. The normalized spacial score (nSPS) is 9.29. The zero-order chi connectivity index (χ0) is 13.7. The fraction of sp³-hybridized carbons (Fsp3) is 0.100. The van der Waals surface area contributed by atoms with Crippen LogP contribution in [0.1, 0.15) is 17.3 Å². The second kappa shape index (κ2) is 5.97. The summed E-state index contributed by atoms with van der Waals surface area (Å²) in [5.74, 6) is -13.9. The molecule has 0 atom stereocenters. The molecular formula is C10H7F5O2. The average Bonchev–Trinajstić information content (AvgIpc) is 2.24. The Morgan fingerprint density at radius 3 is 1.47 bits per heavy atom. The molecule has 7 heteroatoms. The Hall–Kier alpha value is -1.92. The van der Waals surface area contributed by atoms with Crippen molar-refractivity contribution >= 4 is 5.97 Å². The van der Waals surface area contributed by atoms with Crippen molar-refractivity contribution in [2.45, 2.75) is 6.92 Å². The smallest absolute Gasteiger partial charge is 0.341 e. The molecule has 17 heavy (non-hydrogen) atoms. The van der Waals surface area contributed by atoms with Gasteiger partial charge in [0.25, 0.3) is 0 Å². The molecule has 1 rings (SSSR count). The Morgan fingerprint density at radius 2 is 1.24 bits per heavy atom. The summed E-state index contributed by atoms with van der Waals surface area (Å²) in [5.41, 5.74) is -1.86. The fourth-order valence-corrected chi connectivity index (χ4v) is 0.793. The summed E-state index contributed by atoms with van der Waals surface area (Å²) in [6.07, 6.45) is 1.75. The number of rotatable bonds is 1. The van der Waals surface area contributed by atoms with Crippen LogP contribution in [0.15, 0.2) is 12.7 Å². The van der Waals surface area contributed by atoms with Crippen LogP contribution in [-0.2, 0) is 0 Å². The molecule has 0 bridgehead atoms. The van der Waals surface area contributed by atoms with E-state index in [-0.39, 0.29) is 0 Å². The number of halogens is 5. The van der Waals surface area contributed by atoms with Crippen LogP contribution in [-0.4, -0.2) is 11.1 Å². The van der Waals surface area contributed by atoms with Crippen LogP contribution in [0.25, 0.3) is 0 Å². The lowest BCUT2D eigenvalue weighted by Crippen LogP contribution is -2.11. The lowest BCUT2D eigenvalue weighted by atomic mass is 10.1. The molecule has 0 radical (unpaired) electrons. The van der Waals surface area contributed by atoms with Crippen molar-refractivity contribution in [2.24, 2.45) is 0 Å². The van der Waals surface area contributed by atoms with Crippen molar-refractivity contribution < 1.29 is 31.9 Å². The number of carboxylic acid groups (broad SMARTS) is 1. The third kappa shape index (κ3) is 3.02. The first kappa shape index (κ1) is 15.1. The SMILES string of the molecule is C=CC.O=C(O)c1c(F)c(F)c(F)c(F)c1F. The zero-order valence-electron chi connectivity index (χ0n) is 8.53. The maximum absolute atomic E-state index is 12.6. The van der Waals surface area contributed by atoms with Gasteiger partial charge in [-0.15, -0.1) is 6.58 Å². The number of aromatic carboxylic acids is 1. The Labute approximate surface area is 93.0 Å². The molecule has 0 fully saturated rings. The van der Waals surface area contributed by atoms with Gasteiger partial charge in [-0.1, -0.05) is 6.08 Å². The van der Waals surface area contributed by atoms with E-state index in [1.807, 2.05) is 6.92 Å². The monoisotopic (exact) mass is 254 g/mol. The zero-order valence-corrected chi connectivity index (χ0v) is 8.53. The number of benzene rings is 1. The quantitative estimate of drug-likeness (QED) is 0.361. The molecule has 0 aliphatic carbocycles. The largest absolute Gasteiger partial charge is 0.477 e. The van der Waals surface area contributed by atoms with Crippen molar-refractivity contribution in [3.8, 4) is 0 Å². The van der Waals surface area contributed by atoms with Gasteiger partial charge in [0.15, 0.2) is 23.3 Å². The van der Waals surface area contributed by atoms with E-state index in [1.54, 1.807) is 6.08 Å². The predicted octanol–water partition coefficient (Wildman–Crippen LogP) is 3.27. The highest BCUT2D eigenvalue weighted by molar-refractivity contribution is 5.88. The number of carboxylic acids is 1. The van der Waals surface area contributed by atoms with Crippen LogP contribution in [0.2, 0.25) is 0 Å². The van der Waals surface area contributed by atoms with Crippen LogP contribution in [0.3, 0.4) is 0 Å². The third-order valence-electron chi connectivity index (χ3n) is 1.42. The first-order chi connectivity index (χ1) is 7.79. The molecule has 1 aromatic carbocycles. The van der Waals surface area contributed by atoms with E-state index in [9.17, 15) is 26.7 Å². The van der Waals surface area contributed by atoms with E-state index in [1.165, 1.54) is 0 Å². The van der Waals surface area contributed by atoms with E-state index in [2.05, 4.69) is 6.58 Å². The highest BCUT2D eigenvalue weighted by Gasteiger charge is 2.29. The summed E-state index contributed by atoms with van der Waals surface area (Å²) in [5, 5.41) is 8.15. The molecule has 0 aromatic heterocycles. The summed E-state index contributed by atoms with van der Waals surface area (Å²) in [4.78, 5) is 10.1. The molecular weight excluding hydrogens is 247 g/mol. The lowest BCUT2D eigenvalue weighted by molar-refractivity contribution is 0.0682. The van der Waals surface area contributed by atoms with Crippen molar-refractivity contribution in [2.75, 3.05) is 0 Å². The van der Waals surface area contributed by atoms with Gasteiger partial charge in [0, 0.05) is 0 Å². The molecule has 94 valence electrons. The van der Waals surface area contributed by atoms with Gasteiger partial charge in [0.2, 0.25) is 5.82 Å². The van der Waals surface area contributed by atoms with Gasteiger partial charge >= 0.3 is 5.97 Å². The van der Waals surface area contributed by atoms with E-state index < -0.39 is 40.6 Å². The number of hydrogen-bond acceptors (Lipinski definition) is 1. The number of allylic oxidation sites excluding steroid dienone is 1. The van der Waals surface area contributed by atoms with Gasteiger partial charge in [-0.25, -0.2) is 26.7 Å². The van der Waals surface area contributed by atoms with Gasteiger partial charge in [-0.3, -0.25) is 0 Å². The van der Waals surface area contributed by atoms with Crippen molar-refractivity contribution in [1.82, 2.24) is 0 Å². The molecule has 0 spiro atoms. The molecule has 0 aliphatic heterocycles. The van der Waals surface area contributed by atoms with Crippen LogP contribution in [0.5, 0.6) is 0 Å². The molecule has 0 heterocycles. The molecule has 0 saturated carbocycles. The number of hydrogen-bond donors (Lipinski definition) is 1. The molecule has 0 saturated heterocycles. The highest BCUT2D eigenvalue weighted by Crippen LogP contribution is 2.22. The van der Waals surface area contributed by atoms with Gasteiger partial charge in [-0.2, -0.15) is 0 Å². The first-order valence-corrected chi connectivity index (χ1v) is 4.11. The molecule has 1 aromatic rings. The molecule has 0 aliphatic rings. The van der Waals surface area contributed by atoms with Crippen molar-refractivity contribution in [3.05, 3.63) is 47.3 Å².